The largest absolute Gasteiger partial charge is 0.337 e. The molecule has 5 heteroatoms. The van der Waals surface area contributed by atoms with Gasteiger partial charge in [0.2, 0.25) is 0 Å². The van der Waals surface area contributed by atoms with Gasteiger partial charge in [-0.1, -0.05) is 36.4 Å². The van der Waals surface area contributed by atoms with Crippen molar-refractivity contribution < 1.29 is 18.4 Å². The van der Waals surface area contributed by atoms with Crippen LogP contribution >= 0.6 is 7.60 Å². The third-order valence-corrected chi connectivity index (χ3v) is 4.75. The number of carbonyl (C=O) groups excluding carboxylic acids is 1. The van der Waals surface area contributed by atoms with Crippen molar-refractivity contribution in [3.8, 4) is 0 Å². The fourth-order valence-electron chi connectivity index (χ4n) is 1.83. The molecule has 19 heavy (non-hydrogen) atoms. The zero-order valence-electron chi connectivity index (χ0n) is 10.8. The van der Waals surface area contributed by atoms with Gasteiger partial charge in [0, 0.05) is 19.8 Å². The Bertz CT molecular complexity index is 643. The highest BCUT2D eigenvalue weighted by molar-refractivity contribution is 7.54. The molecule has 100 valence electrons. The van der Waals surface area contributed by atoms with Crippen LogP contribution in [0.1, 0.15) is 10.4 Å². The predicted octanol–water partition coefficient (Wildman–Crippen LogP) is 3.51. The highest BCUT2D eigenvalue weighted by Crippen LogP contribution is 2.46. The molecule has 0 aliphatic heterocycles. The van der Waals surface area contributed by atoms with Crippen LogP contribution < -0.4 is 0 Å². The lowest BCUT2D eigenvalue weighted by atomic mass is 10.1. The summed E-state index contributed by atoms with van der Waals surface area (Å²) in [5, 5.41) is 2.03. The Labute approximate surface area is 111 Å². The number of Topliss-reactive ketones (excluding diaryl/α,β-unsaturated/α-hetero) is 1. The van der Waals surface area contributed by atoms with Gasteiger partial charge in [-0.2, -0.15) is 0 Å². The first kappa shape index (κ1) is 13.9. The quantitative estimate of drug-likeness (QED) is 0.620. The van der Waals surface area contributed by atoms with Crippen LogP contribution in [0.2, 0.25) is 0 Å². The summed E-state index contributed by atoms with van der Waals surface area (Å²) in [7, 11) is -0.761. The van der Waals surface area contributed by atoms with Gasteiger partial charge in [0.25, 0.3) is 0 Å². The first-order valence-electron chi connectivity index (χ1n) is 5.80. The monoisotopic (exact) mass is 278 g/mol. The molecule has 0 aromatic heterocycles. The Morgan fingerprint density at radius 3 is 2.32 bits per heavy atom. The summed E-state index contributed by atoms with van der Waals surface area (Å²) in [6, 6.07) is 13.1. The number of carbonyl (C=O) groups is 1. The van der Waals surface area contributed by atoms with E-state index in [9.17, 15) is 9.36 Å². The van der Waals surface area contributed by atoms with Crippen LogP contribution in [-0.4, -0.2) is 26.2 Å². The average Bonchev–Trinajstić information content (AvgIpc) is 2.46. The Hall–Kier alpha value is -1.48. The van der Waals surface area contributed by atoms with Gasteiger partial charge in [-0.3, -0.25) is 9.36 Å². The SMILES string of the molecule is COP(=O)(CC(=O)c1ccc2ccccc2c1)OC. The number of fused-ring (bicyclic) bond motifs is 1. The molecule has 2 aromatic rings. The van der Waals surface area contributed by atoms with E-state index in [1.165, 1.54) is 14.2 Å². The summed E-state index contributed by atoms with van der Waals surface area (Å²) in [5.41, 5.74) is 0.507. The molecular formula is C14H15O4P. The molecular weight excluding hydrogens is 263 g/mol. The Morgan fingerprint density at radius 1 is 1.05 bits per heavy atom. The molecule has 0 saturated carbocycles. The maximum Gasteiger partial charge on any atom is 0.337 e. The molecule has 0 N–H and O–H groups in total. The number of rotatable bonds is 5. The lowest BCUT2D eigenvalue weighted by molar-refractivity contribution is 0.101. The topological polar surface area (TPSA) is 52.6 Å². The minimum atomic E-state index is -3.31. The van der Waals surface area contributed by atoms with Gasteiger partial charge < -0.3 is 9.05 Å². The Kier molecular flexibility index (Phi) is 4.15. The zero-order valence-corrected chi connectivity index (χ0v) is 11.7. The van der Waals surface area contributed by atoms with E-state index < -0.39 is 7.60 Å². The van der Waals surface area contributed by atoms with Crippen molar-refractivity contribution >= 4 is 24.2 Å². The van der Waals surface area contributed by atoms with Crippen molar-refractivity contribution in [3.63, 3.8) is 0 Å². The maximum atomic E-state index is 12.1. The van der Waals surface area contributed by atoms with Crippen LogP contribution in [0.15, 0.2) is 42.5 Å². The average molecular weight is 278 g/mol. The molecule has 0 heterocycles. The number of hydrogen-bond donors (Lipinski definition) is 0. The van der Waals surface area contributed by atoms with Crippen molar-refractivity contribution in [2.45, 2.75) is 0 Å². The highest BCUT2D eigenvalue weighted by Gasteiger charge is 2.26. The van der Waals surface area contributed by atoms with Crippen molar-refractivity contribution in [1.29, 1.82) is 0 Å². The smallest absolute Gasteiger partial charge is 0.312 e. The van der Waals surface area contributed by atoms with Crippen LogP contribution in [0, 0.1) is 0 Å². The molecule has 0 unspecified atom stereocenters. The summed E-state index contributed by atoms with van der Waals surface area (Å²) in [4.78, 5) is 12.1. The molecule has 0 aliphatic carbocycles. The van der Waals surface area contributed by atoms with Gasteiger partial charge >= 0.3 is 7.60 Å². The molecule has 0 aliphatic rings. The molecule has 2 rings (SSSR count). The molecule has 0 atom stereocenters. The normalized spacial score (nSPS) is 11.7. The highest BCUT2D eigenvalue weighted by atomic mass is 31.2. The standard InChI is InChI=1S/C14H15O4P/c1-17-19(16,18-2)10-14(15)13-8-7-11-5-3-4-6-12(11)9-13/h3-9H,10H2,1-2H3. The van der Waals surface area contributed by atoms with E-state index in [0.29, 0.717) is 5.56 Å². The van der Waals surface area contributed by atoms with Crippen LogP contribution in [0.5, 0.6) is 0 Å². The van der Waals surface area contributed by atoms with Crippen LogP contribution in [0.4, 0.5) is 0 Å². The minimum Gasteiger partial charge on any atom is -0.312 e. The molecule has 0 fully saturated rings. The van der Waals surface area contributed by atoms with E-state index >= 15 is 0 Å². The first-order chi connectivity index (χ1) is 9.08. The Morgan fingerprint density at radius 2 is 1.68 bits per heavy atom. The van der Waals surface area contributed by atoms with Gasteiger partial charge in [-0.25, -0.2) is 0 Å². The molecule has 0 bridgehead atoms. The van der Waals surface area contributed by atoms with Gasteiger partial charge in [0.15, 0.2) is 5.78 Å². The third-order valence-electron chi connectivity index (χ3n) is 2.97. The van der Waals surface area contributed by atoms with Gasteiger partial charge in [-0.05, 0) is 16.8 Å². The first-order valence-corrected chi connectivity index (χ1v) is 7.53. The summed E-state index contributed by atoms with van der Waals surface area (Å²) < 4.78 is 21.5. The van der Waals surface area contributed by atoms with Crippen molar-refractivity contribution in [1.82, 2.24) is 0 Å². The molecule has 0 saturated heterocycles. The molecule has 2 aromatic carbocycles. The van der Waals surface area contributed by atoms with Crippen molar-refractivity contribution in [2.75, 3.05) is 20.4 Å². The van der Waals surface area contributed by atoms with Gasteiger partial charge in [0.1, 0.15) is 6.16 Å². The third kappa shape index (κ3) is 3.10. The number of hydrogen-bond acceptors (Lipinski definition) is 4. The second kappa shape index (κ2) is 5.66. The minimum absolute atomic E-state index is 0.252. The molecule has 0 amide bonds. The predicted molar refractivity (Wildman–Crippen MR) is 74.8 cm³/mol. The van der Waals surface area contributed by atoms with Gasteiger partial charge in [0.05, 0.1) is 0 Å². The maximum absolute atomic E-state index is 12.1. The lowest BCUT2D eigenvalue weighted by Gasteiger charge is -2.12. The summed E-state index contributed by atoms with van der Waals surface area (Å²) in [6.07, 6.45) is -0.252. The molecule has 0 spiro atoms. The lowest BCUT2D eigenvalue weighted by Crippen LogP contribution is -2.08. The van der Waals surface area contributed by atoms with Crippen molar-refractivity contribution in [3.05, 3.63) is 48.0 Å². The van der Waals surface area contributed by atoms with E-state index in [1.54, 1.807) is 12.1 Å². The summed E-state index contributed by atoms with van der Waals surface area (Å²) in [6.45, 7) is 0. The van der Waals surface area contributed by atoms with Crippen LogP contribution in [-0.2, 0) is 13.6 Å². The number of benzene rings is 2. The number of ketones is 1. The molecule has 0 radical (unpaired) electrons. The van der Waals surface area contributed by atoms with E-state index in [2.05, 4.69) is 0 Å². The zero-order chi connectivity index (χ0) is 13.9. The van der Waals surface area contributed by atoms with Crippen LogP contribution in [0.3, 0.4) is 0 Å². The van der Waals surface area contributed by atoms with E-state index in [-0.39, 0.29) is 11.9 Å². The van der Waals surface area contributed by atoms with E-state index in [0.717, 1.165) is 10.8 Å². The van der Waals surface area contributed by atoms with Crippen molar-refractivity contribution in [2.24, 2.45) is 0 Å². The summed E-state index contributed by atoms with van der Waals surface area (Å²) in [5.74, 6) is -0.252. The second-order valence-electron chi connectivity index (χ2n) is 4.12. The van der Waals surface area contributed by atoms with E-state index in [1.807, 2.05) is 30.3 Å². The van der Waals surface area contributed by atoms with Gasteiger partial charge in [-0.15, -0.1) is 0 Å². The fraction of sp³-hybridized carbons (Fsp3) is 0.214. The fourth-order valence-corrected chi connectivity index (χ4v) is 2.78. The van der Waals surface area contributed by atoms with E-state index in [4.69, 9.17) is 9.05 Å². The molecule has 4 nitrogen and oxygen atoms in total. The van der Waals surface area contributed by atoms with Crippen LogP contribution in [0.25, 0.3) is 10.8 Å². The summed E-state index contributed by atoms with van der Waals surface area (Å²) >= 11 is 0. The second-order valence-corrected chi connectivity index (χ2v) is 6.39. The Balaban J connectivity index is 2.29.